The summed E-state index contributed by atoms with van der Waals surface area (Å²) >= 11 is 0. The lowest BCUT2D eigenvalue weighted by Gasteiger charge is -2.32. The lowest BCUT2D eigenvalue weighted by Crippen LogP contribution is -2.41. The van der Waals surface area contributed by atoms with Crippen molar-refractivity contribution in [1.82, 2.24) is 10.2 Å². The zero-order valence-electron chi connectivity index (χ0n) is 15.7. The van der Waals surface area contributed by atoms with Crippen molar-refractivity contribution in [1.29, 1.82) is 0 Å². The first-order valence-electron chi connectivity index (χ1n) is 9.28. The third-order valence-electron chi connectivity index (χ3n) is 4.24. The van der Waals surface area contributed by atoms with Crippen LogP contribution in [0.3, 0.4) is 0 Å². The highest BCUT2D eigenvalue weighted by Crippen LogP contribution is 2.18. The number of benzene rings is 1. The summed E-state index contributed by atoms with van der Waals surface area (Å²) in [5.74, 6) is 0.0172. The third kappa shape index (κ3) is 6.31. The molecule has 1 aromatic rings. The number of ether oxygens (including phenoxy) is 1. The van der Waals surface area contributed by atoms with Gasteiger partial charge in [-0.3, -0.25) is 4.79 Å². The molecule has 0 atom stereocenters. The van der Waals surface area contributed by atoms with Crippen LogP contribution >= 0.6 is 0 Å². The fraction of sp³-hybridized carbons (Fsp3) is 0.579. The average Bonchev–Trinajstić information content (AvgIpc) is 2.62. The molecule has 7 nitrogen and oxygen atoms in total. The first kappa shape index (κ1) is 20.2. The number of piperidine rings is 1. The van der Waals surface area contributed by atoms with Gasteiger partial charge in [0.25, 0.3) is 5.91 Å². The number of carbonyl (C=O) groups is 2. The average molecular weight is 362 g/mol. The Morgan fingerprint density at radius 3 is 2.46 bits per heavy atom. The molecule has 0 saturated carbocycles. The maximum Gasteiger partial charge on any atom is 0.319 e. The summed E-state index contributed by atoms with van der Waals surface area (Å²) in [6, 6.07) is 6.80. The number of carbonyl (C=O) groups excluding carboxylic acids is 2. The molecule has 144 valence electrons. The number of nitrogens with two attached hydrogens (primary N) is 1. The molecule has 4 N–H and O–H groups in total. The Morgan fingerprint density at radius 1 is 1.23 bits per heavy atom. The van der Waals surface area contributed by atoms with E-state index in [0.717, 1.165) is 19.3 Å². The van der Waals surface area contributed by atoms with Crippen molar-refractivity contribution < 1.29 is 14.3 Å². The zero-order chi connectivity index (χ0) is 18.9. The van der Waals surface area contributed by atoms with Gasteiger partial charge in [0.1, 0.15) is 0 Å². The van der Waals surface area contributed by atoms with Gasteiger partial charge in [0.15, 0.2) is 0 Å². The summed E-state index contributed by atoms with van der Waals surface area (Å²) in [6.07, 6.45) is 2.79. The SMILES string of the molecule is CC(C)NC(=O)Nc1ccc(C(=O)N2CCC(OCCCN)CC2)cc1. The fourth-order valence-electron chi connectivity index (χ4n) is 2.87. The Kier molecular flexibility index (Phi) is 7.87. The topological polar surface area (TPSA) is 96.7 Å². The molecule has 1 heterocycles. The van der Waals surface area contributed by atoms with Gasteiger partial charge in [-0.05, 0) is 63.9 Å². The second-order valence-electron chi connectivity index (χ2n) is 6.84. The van der Waals surface area contributed by atoms with Crippen LogP contribution in [0.15, 0.2) is 24.3 Å². The van der Waals surface area contributed by atoms with Crippen LogP contribution in [0.2, 0.25) is 0 Å². The normalized spacial score (nSPS) is 15.2. The van der Waals surface area contributed by atoms with Gasteiger partial charge in [-0.15, -0.1) is 0 Å². The summed E-state index contributed by atoms with van der Waals surface area (Å²) in [4.78, 5) is 26.2. The van der Waals surface area contributed by atoms with Gasteiger partial charge in [-0.2, -0.15) is 0 Å². The van der Waals surface area contributed by atoms with Gasteiger partial charge in [0.05, 0.1) is 6.10 Å². The Hall–Kier alpha value is -2.12. The number of rotatable bonds is 7. The quantitative estimate of drug-likeness (QED) is 0.648. The lowest BCUT2D eigenvalue weighted by atomic mass is 10.1. The second-order valence-corrected chi connectivity index (χ2v) is 6.84. The van der Waals surface area contributed by atoms with E-state index in [2.05, 4.69) is 10.6 Å². The van der Waals surface area contributed by atoms with Crippen LogP contribution in [0.4, 0.5) is 10.5 Å². The second kappa shape index (κ2) is 10.1. The van der Waals surface area contributed by atoms with Gasteiger partial charge < -0.3 is 26.0 Å². The van der Waals surface area contributed by atoms with Crippen LogP contribution in [-0.4, -0.2) is 55.2 Å². The molecule has 3 amide bonds. The van der Waals surface area contributed by atoms with E-state index in [9.17, 15) is 9.59 Å². The number of hydrogen-bond donors (Lipinski definition) is 3. The Bertz CT molecular complexity index is 581. The van der Waals surface area contributed by atoms with Crippen molar-refractivity contribution in [3.63, 3.8) is 0 Å². The first-order valence-corrected chi connectivity index (χ1v) is 9.28. The van der Waals surface area contributed by atoms with E-state index in [1.165, 1.54) is 0 Å². The maximum absolute atomic E-state index is 12.6. The molecule has 1 fully saturated rings. The number of amides is 3. The van der Waals surface area contributed by atoms with E-state index in [1.807, 2.05) is 18.7 Å². The van der Waals surface area contributed by atoms with Gasteiger partial charge in [-0.1, -0.05) is 0 Å². The molecule has 0 aliphatic carbocycles. The van der Waals surface area contributed by atoms with E-state index in [1.54, 1.807) is 24.3 Å². The standard InChI is InChI=1S/C19H30N4O3/c1-14(2)21-19(25)22-16-6-4-15(5-7-16)18(24)23-11-8-17(9-12-23)26-13-3-10-20/h4-7,14,17H,3,8-13,20H2,1-2H3,(H2,21,22,25). The van der Waals surface area contributed by atoms with Crippen molar-refractivity contribution in [3.8, 4) is 0 Å². The third-order valence-corrected chi connectivity index (χ3v) is 4.24. The molecule has 1 saturated heterocycles. The molecule has 0 radical (unpaired) electrons. The minimum Gasteiger partial charge on any atom is -0.378 e. The number of anilines is 1. The summed E-state index contributed by atoms with van der Waals surface area (Å²) in [5, 5.41) is 5.51. The summed E-state index contributed by atoms with van der Waals surface area (Å²) in [6.45, 7) is 6.52. The van der Waals surface area contributed by atoms with Crippen LogP contribution < -0.4 is 16.4 Å². The molecule has 1 aromatic carbocycles. The van der Waals surface area contributed by atoms with E-state index in [-0.39, 0.29) is 24.1 Å². The Balaban J connectivity index is 1.82. The Morgan fingerprint density at radius 2 is 1.88 bits per heavy atom. The summed E-state index contributed by atoms with van der Waals surface area (Å²) in [7, 11) is 0. The number of hydrogen-bond acceptors (Lipinski definition) is 4. The molecular weight excluding hydrogens is 332 g/mol. The summed E-state index contributed by atoms with van der Waals surface area (Å²) in [5.41, 5.74) is 6.76. The van der Waals surface area contributed by atoms with Crippen molar-refractivity contribution in [2.45, 2.75) is 45.3 Å². The number of nitrogens with zero attached hydrogens (tertiary/aromatic N) is 1. The number of likely N-dealkylation sites (tertiary alicyclic amines) is 1. The maximum atomic E-state index is 12.6. The minimum absolute atomic E-state index is 0.0172. The predicted molar refractivity (Wildman–Crippen MR) is 102 cm³/mol. The minimum atomic E-state index is -0.254. The van der Waals surface area contributed by atoms with Gasteiger partial charge in [0, 0.05) is 37.0 Å². The van der Waals surface area contributed by atoms with Crippen molar-refractivity contribution in [2.75, 3.05) is 31.6 Å². The first-order chi connectivity index (χ1) is 12.5. The molecule has 0 bridgehead atoms. The Labute approximate surface area is 155 Å². The largest absolute Gasteiger partial charge is 0.378 e. The van der Waals surface area contributed by atoms with Crippen molar-refractivity contribution in [2.24, 2.45) is 5.73 Å². The molecular formula is C19H30N4O3. The molecule has 1 aliphatic rings. The smallest absolute Gasteiger partial charge is 0.319 e. The summed E-state index contributed by atoms with van der Waals surface area (Å²) < 4.78 is 5.77. The molecule has 2 rings (SSSR count). The van der Waals surface area contributed by atoms with Crippen LogP contribution in [0.25, 0.3) is 0 Å². The van der Waals surface area contributed by atoms with Crippen molar-refractivity contribution >= 4 is 17.6 Å². The van der Waals surface area contributed by atoms with Crippen molar-refractivity contribution in [3.05, 3.63) is 29.8 Å². The highest BCUT2D eigenvalue weighted by atomic mass is 16.5. The van der Waals surface area contributed by atoms with Gasteiger partial charge in [-0.25, -0.2) is 4.79 Å². The van der Waals surface area contributed by atoms with E-state index < -0.39 is 0 Å². The highest BCUT2D eigenvalue weighted by molar-refractivity contribution is 5.95. The van der Waals surface area contributed by atoms with Gasteiger partial charge in [0.2, 0.25) is 0 Å². The molecule has 0 spiro atoms. The predicted octanol–water partition coefficient (Wildman–Crippen LogP) is 2.19. The van der Waals surface area contributed by atoms with E-state index in [4.69, 9.17) is 10.5 Å². The van der Waals surface area contributed by atoms with Crippen LogP contribution in [0.1, 0.15) is 43.5 Å². The number of nitrogens with one attached hydrogen (secondary N) is 2. The molecule has 0 unspecified atom stereocenters. The zero-order valence-corrected chi connectivity index (χ0v) is 15.7. The van der Waals surface area contributed by atoms with Gasteiger partial charge >= 0.3 is 6.03 Å². The number of urea groups is 1. The highest BCUT2D eigenvalue weighted by Gasteiger charge is 2.23. The molecule has 1 aliphatic heterocycles. The van der Waals surface area contributed by atoms with E-state index in [0.29, 0.717) is 37.5 Å². The lowest BCUT2D eigenvalue weighted by molar-refractivity contribution is 0.00844. The fourth-order valence-corrected chi connectivity index (χ4v) is 2.87. The molecule has 7 heteroatoms. The van der Waals surface area contributed by atoms with Crippen LogP contribution in [0.5, 0.6) is 0 Å². The monoisotopic (exact) mass is 362 g/mol. The molecule has 26 heavy (non-hydrogen) atoms. The molecule has 0 aromatic heterocycles. The van der Waals surface area contributed by atoms with Crippen LogP contribution in [-0.2, 0) is 4.74 Å². The van der Waals surface area contributed by atoms with Crippen LogP contribution in [0, 0.1) is 0 Å². The van der Waals surface area contributed by atoms with E-state index >= 15 is 0 Å².